The van der Waals surface area contributed by atoms with Crippen LogP contribution in [-0.2, 0) is 21.6 Å². The molecule has 1 fully saturated rings. The summed E-state index contributed by atoms with van der Waals surface area (Å²) in [5, 5.41) is 0. The Kier molecular flexibility index (Phi) is 4.91. The van der Waals surface area contributed by atoms with Crippen LogP contribution in [0.25, 0.3) is 11.3 Å². The SMILES string of the molecule is O=C(OCc1ncc(-c2ccccc2)o1)C1(c2ccc3c(c2)OCCO3)CCCC1. The van der Waals surface area contributed by atoms with Gasteiger partial charge in [-0.2, -0.15) is 0 Å². The number of oxazole rings is 1. The number of carbonyl (C=O) groups is 1. The molecule has 0 radical (unpaired) electrons. The van der Waals surface area contributed by atoms with E-state index in [1.807, 2.05) is 48.5 Å². The third kappa shape index (κ3) is 3.43. The highest BCUT2D eigenvalue weighted by atomic mass is 16.6. The maximum absolute atomic E-state index is 13.2. The molecule has 0 atom stereocenters. The van der Waals surface area contributed by atoms with Crippen molar-refractivity contribution in [2.75, 3.05) is 13.2 Å². The Labute approximate surface area is 174 Å². The molecular weight excluding hydrogens is 382 g/mol. The third-order valence-corrected chi connectivity index (χ3v) is 5.88. The molecule has 5 rings (SSSR count). The molecule has 1 aliphatic carbocycles. The summed E-state index contributed by atoms with van der Waals surface area (Å²) in [6, 6.07) is 15.5. The van der Waals surface area contributed by atoms with Crippen molar-refractivity contribution < 1.29 is 23.4 Å². The maximum atomic E-state index is 13.2. The Morgan fingerprint density at radius 2 is 1.77 bits per heavy atom. The zero-order valence-electron chi connectivity index (χ0n) is 16.6. The minimum absolute atomic E-state index is 0.0119. The van der Waals surface area contributed by atoms with E-state index in [1.54, 1.807) is 6.20 Å². The van der Waals surface area contributed by atoms with Gasteiger partial charge in [0.25, 0.3) is 0 Å². The number of nitrogens with zero attached hydrogens (tertiary/aromatic N) is 1. The van der Waals surface area contributed by atoms with Gasteiger partial charge in [-0.3, -0.25) is 4.79 Å². The summed E-state index contributed by atoms with van der Waals surface area (Å²) in [5.41, 5.74) is 1.20. The summed E-state index contributed by atoms with van der Waals surface area (Å²) in [6.07, 6.45) is 5.14. The van der Waals surface area contributed by atoms with Crippen molar-refractivity contribution in [1.29, 1.82) is 0 Å². The predicted molar refractivity (Wildman–Crippen MR) is 109 cm³/mol. The molecule has 0 spiro atoms. The number of aromatic nitrogens is 1. The van der Waals surface area contributed by atoms with Gasteiger partial charge in [0.1, 0.15) is 13.2 Å². The first-order chi connectivity index (χ1) is 14.7. The molecule has 0 saturated heterocycles. The number of rotatable bonds is 5. The van der Waals surface area contributed by atoms with Gasteiger partial charge >= 0.3 is 5.97 Å². The van der Waals surface area contributed by atoms with Crippen LogP contribution in [0.2, 0.25) is 0 Å². The van der Waals surface area contributed by atoms with E-state index in [2.05, 4.69) is 4.98 Å². The van der Waals surface area contributed by atoms with Gasteiger partial charge in [-0.05, 0) is 30.5 Å². The monoisotopic (exact) mass is 405 g/mol. The van der Waals surface area contributed by atoms with Gasteiger partial charge in [0, 0.05) is 5.56 Å². The summed E-state index contributed by atoms with van der Waals surface area (Å²) in [6.45, 7) is 1.07. The molecule has 2 heterocycles. The van der Waals surface area contributed by atoms with Crippen LogP contribution in [0.1, 0.15) is 37.1 Å². The fraction of sp³-hybridized carbons (Fsp3) is 0.333. The number of esters is 1. The van der Waals surface area contributed by atoms with E-state index in [0.29, 0.717) is 30.6 Å². The topological polar surface area (TPSA) is 70.8 Å². The number of fused-ring (bicyclic) bond motifs is 1. The van der Waals surface area contributed by atoms with E-state index in [4.69, 9.17) is 18.6 Å². The molecule has 6 nitrogen and oxygen atoms in total. The lowest BCUT2D eigenvalue weighted by atomic mass is 9.78. The molecule has 0 N–H and O–H groups in total. The Bertz CT molecular complexity index is 1040. The van der Waals surface area contributed by atoms with E-state index < -0.39 is 5.41 Å². The fourth-order valence-corrected chi connectivity index (χ4v) is 4.31. The number of hydrogen-bond donors (Lipinski definition) is 0. The molecule has 0 bridgehead atoms. The third-order valence-electron chi connectivity index (χ3n) is 5.88. The first-order valence-corrected chi connectivity index (χ1v) is 10.3. The highest BCUT2D eigenvalue weighted by Crippen LogP contribution is 2.45. The molecular formula is C24H23NO5. The van der Waals surface area contributed by atoms with E-state index in [1.165, 1.54) is 0 Å². The van der Waals surface area contributed by atoms with Gasteiger partial charge in [-0.1, -0.05) is 49.2 Å². The van der Waals surface area contributed by atoms with Gasteiger partial charge in [0.05, 0.1) is 11.6 Å². The maximum Gasteiger partial charge on any atom is 0.317 e. The van der Waals surface area contributed by atoms with Crippen LogP contribution in [0.3, 0.4) is 0 Å². The average Bonchev–Trinajstić information content (AvgIpc) is 3.48. The first-order valence-electron chi connectivity index (χ1n) is 10.3. The van der Waals surface area contributed by atoms with Crippen LogP contribution in [0.4, 0.5) is 0 Å². The minimum Gasteiger partial charge on any atom is -0.486 e. The second-order valence-corrected chi connectivity index (χ2v) is 7.71. The van der Waals surface area contributed by atoms with Crippen LogP contribution in [-0.4, -0.2) is 24.2 Å². The van der Waals surface area contributed by atoms with E-state index >= 15 is 0 Å². The highest BCUT2D eigenvalue weighted by molar-refractivity contribution is 5.84. The van der Waals surface area contributed by atoms with Crippen molar-refractivity contribution in [3.05, 3.63) is 66.2 Å². The van der Waals surface area contributed by atoms with Gasteiger partial charge < -0.3 is 18.6 Å². The summed E-state index contributed by atoms with van der Waals surface area (Å²) in [7, 11) is 0. The summed E-state index contributed by atoms with van der Waals surface area (Å²) in [4.78, 5) is 17.5. The van der Waals surface area contributed by atoms with Crippen LogP contribution in [0, 0.1) is 0 Å². The lowest BCUT2D eigenvalue weighted by molar-refractivity contribution is -0.152. The molecule has 0 unspecified atom stereocenters. The quantitative estimate of drug-likeness (QED) is 0.575. The van der Waals surface area contributed by atoms with Crippen molar-refractivity contribution in [3.63, 3.8) is 0 Å². The smallest absolute Gasteiger partial charge is 0.317 e. The van der Waals surface area contributed by atoms with Crippen molar-refractivity contribution in [2.45, 2.75) is 37.7 Å². The van der Waals surface area contributed by atoms with Gasteiger partial charge in [0.15, 0.2) is 23.9 Å². The van der Waals surface area contributed by atoms with Gasteiger partial charge in [-0.15, -0.1) is 0 Å². The Morgan fingerprint density at radius 3 is 2.57 bits per heavy atom. The zero-order chi connectivity index (χ0) is 20.4. The Morgan fingerprint density at radius 1 is 1.00 bits per heavy atom. The number of carbonyl (C=O) groups excluding carboxylic acids is 1. The van der Waals surface area contributed by atoms with Crippen molar-refractivity contribution in [3.8, 4) is 22.8 Å². The van der Waals surface area contributed by atoms with E-state index in [0.717, 1.165) is 42.6 Å². The van der Waals surface area contributed by atoms with Crippen LogP contribution < -0.4 is 9.47 Å². The largest absolute Gasteiger partial charge is 0.486 e. The summed E-state index contributed by atoms with van der Waals surface area (Å²) >= 11 is 0. The first kappa shape index (κ1) is 18.7. The zero-order valence-corrected chi connectivity index (χ0v) is 16.6. The molecule has 154 valence electrons. The second-order valence-electron chi connectivity index (χ2n) is 7.71. The molecule has 1 saturated carbocycles. The second kappa shape index (κ2) is 7.86. The van der Waals surface area contributed by atoms with Crippen LogP contribution >= 0.6 is 0 Å². The van der Waals surface area contributed by atoms with Gasteiger partial charge in [0.2, 0.25) is 5.89 Å². The van der Waals surface area contributed by atoms with Crippen molar-refractivity contribution in [1.82, 2.24) is 4.98 Å². The van der Waals surface area contributed by atoms with Gasteiger partial charge in [-0.25, -0.2) is 4.98 Å². The standard InChI is InChI=1S/C24H23NO5/c26-23(29-16-22-25-15-21(30-22)17-6-2-1-3-7-17)24(10-4-5-11-24)18-8-9-19-20(14-18)28-13-12-27-19/h1-3,6-9,14-15H,4-5,10-13,16H2. The molecule has 1 aromatic heterocycles. The molecule has 2 aromatic carbocycles. The summed E-state index contributed by atoms with van der Waals surface area (Å²) in [5.74, 6) is 2.22. The van der Waals surface area contributed by atoms with Crippen LogP contribution in [0.5, 0.6) is 11.5 Å². The lowest BCUT2D eigenvalue weighted by Crippen LogP contribution is -2.35. The minimum atomic E-state index is -0.662. The Hall–Kier alpha value is -3.28. The average molecular weight is 405 g/mol. The Balaban J connectivity index is 1.33. The molecule has 1 aliphatic heterocycles. The predicted octanol–water partition coefficient (Wildman–Crippen LogP) is 4.67. The number of ether oxygens (including phenoxy) is 3. The molecule has 3 aromatic rings. The molecule has 0 amide bonds. The fourth-order valence-electron chi connectivity index (χ4n) is 4.31. The van der Waals surface area contributed by atoms with E-state index in [-0.39, 0.29) is 12.6 Å². The molecule has 30 heavy (non-hydrogen) atoms. The highest BCUT2D eigenvalue weighted by Gasteiger charge is 2.45. The lowest BCUT2D eigenvalue weighted by Gasteiger charge is -2.28. The normalized spacial score (nSPS) is 16.9. The molecule has 2 aliphatic rings. The van der Waals surface area contributed by atoms with E-state index in [9.17, 15) is 4.79 Å². The van der Waals surface area contributed by atoms with Crippen LogP contribution in [0.15, 0.2) is 59.1 Å². The number of benzene rings is 2. The summed E-state index contributed by atoms with van der Waals surface area (Å²) < 4.78 is 22.8. The number of hydrogen-bond acceptors (Lipinski definition) is 6. The molecule has 6 heteroatoms. The van der Waals surface area contributed by atoms with Crippen molar-refractivity contribution in [2.24, 2.45) is 0 Å². The van der Waals surface area contributed by atoms with Crippen molar-refractivity contribution >= 4 is 5.97 Å².